The molecular weight excluding hydrogens is 703 g/mol. The lowest BCUT2D eigenvalue weighted by atomic mass is 10.1. The second-order valence-electron chi connectivity index (χ2n) is 14.5. The molecular formula is C48H41N9. The first-order valence-electron chi connectivity index (χ1n) is 18.9. The molecule has 6 aromatic carbocycles. The van der Waals surface area contributed by atoms with Gasteiger partial charge in [0.2, 0.25) is 5.96 Å². The first-order valence-corrected chi connectivity index (χ1v) is 18.9. The molecule has 0 aromatic heterocycles. The summed E-state index contributed by atoms with van der Waals surface area (Å²) >= 11 is 0. The predicted molar refractivity (Wildman–Crippen MR) is 237 cm³/mol. The van der Waals surface area contributed by atoms with Gasteiger partial charge in [0.05, 0.1) is 0 Å². The van der Waals surface area contributed by atoms with Gasteiger partial charge in [-0.3, -0.25) is 0 Å². The largest absolute Gasteiger partial charge is 0.398 e. The molecule has 6 aromatic rings. The van der Waals surface area contributed by atoms with Crippen LogP contribution >= 0.6 is 0 Å². The lowest BCUT2D eigenvalue weighted by molar-refractivity contribution is 0.711. The topological polar surface area (TPSA) is 111 Å². The smallest absolute Gasteiger partial charge is 0.241 e. The van der Waals surface area contributed by atoms with E-state index >= 15 is 0 Å². The fourth-order valence-corrected chi connectivity index (χ4v) is 7.14. The van der Waals surface area contributed by atoms with Gasteiger partial charge in [0.15, 0.2) is 11.7 Å². The second-order valence-corrected chi connectivity index (χ2v) is 14.5. The Morgan fingerprint density at radius 1 is 0.439 bits per heavy atom. The zero-order valence-electron chi connectivity index (χ0n) is 32.2. The van der Waals surface area contributed by atoms with Gasteiger partial charge in [-0.05, 0) is 125 Å². The van der Waals surface area contributed by atoms with Gasteiger partial charge in [-0.25, -0.2) is 14.9 Å². The monoisotopic (exact) mass is 743 g/mol. The molecule has 0 spiro atoms. The number of benzene rings is 6. The van der Waals surface area contributed by atoms with Gasteiger partial charge in [0, 0.05) is 56.6 Å². The van der Waals surface area contributed by atoms with Crippen molar-refractivity contribution in [3.63, 3.8) is 0 Å². The second kappa shape index (κ2) is 14.3. The SMILES string of the molecule is Cc1ccc(N(c2ccc(C)cc2)c2ccc(C3=NC4=CC=CC5=NC(c6ccc(N(c7ccc(C)cc7)c7ccc(C)cc7)cc6N)=NC(=N3)N45)c(N)c2)cc1. The van der Waals surface area contributed by atoms with E-state index in [2.05, 4.69) is 147 Å². The number of guanidine groups is 1. The minimum Gasteiger partial charge on any atom is -0.398 e. The summed E-state index contributed by atoms with van der Waals surface area (Å²) < 4.78 is 0. The van der Waals surface area contributed by atoms with Crippen molar-refractivity contribution in [3.05, 3.63) is 191 Å². The molecule has 3 heterocycles. The normalized spacial score (nSPS) is 14.2. The van der Waals surface area contributed by atoms with Crippen LogP contribution in [0.2, 0.25) is 0 Å². The number of nitrogens with zero attached hydrogens (tertiary/aromatic N) is 7. The molecule has 9 nitrogen and oxygen atoms in total. The summed E-state index contributed by atoms with van der Waals surface area (Å²) in [6.45, 7) is 8.35. The van der Waals surface area contributed by atoms with Gasteiger partial charge in [0.25, 0.3) is 0 Å². The van der Waals surface area contributed by atoms with Crippen LogP contribution in [0.5, 0.6) is 0 Å². The quantitative estimate of drug-likeness (QED) is 0.151. The van der Waals surface area contributed by atoms with Crippen LogP contribution in [0.4, 0.5) is 45.5 Å². The number of nitrogen functional groups attached to an aromatic ring is 2. The van der Waals surface area contributed by atoms with Crippen molar-refractivity contribution >= 4 is 69.0 Å². The predicted octanol–water partition coefficient (Wildman–Crippen LogP) is 10.7. The fourth-order valence-electron chi connectivity index (χ4n) is 7.14. The van der Waals surface area contributed by atoms with Crippen LogP contribution in [0.15, 0.2) is 177 Å². The number of nitrogens with two attached hydrogens (primary N) is 2. The van der Waals surface area contributed by atoms with E-state index in [9.17, 15) is 0 Å². The van der Waals surface area contributed by atoms with Crippen LogP contribution in [-0.4, -0.2) is 28.4 Å². The van der Waals surface area contributed by atoms with Crippen molar-refractivity contribution in [3.8, 4) is 0 Å². The van der Waals surface area contributed by atoms with Gasteiger partial charge in [-0.2, -0.15) is 9.98 Å². The number of hydrogen-bond acceptors (Lipinski definition) is 9. The van der Waals surface area contributed by atoms with Crippen molar-refractivity contribution in [2.24, 2.45) is 20.0 Å². The third-order valence-electron chi connectivity index (χ3n) is 10.2. The van der Waals surface area contributed by atoms with Crippen LogP contribution in [0.25, 0.3) is 0 Å². The average molecular weight is 744 g/mol. The standard InChI is InChI=1S/C48H41N9/c1-30-8-16-34(17-9-30)55(35-18-10-31(2)11-19-35)38-24-26-40(42(49)28-38)46-51-44-6-5-7-45-52-47(54-48(53-46)57(44)45)41-27-25-39(29-43(41)50)56(36-20-12-32(3)13-21-36)37-22-14-33(4)15-23-37/h5-29H,49-50H2,1-4H3. The van der Waals surface area contributed by atoms with Crippen molar-refractivity contribution in [2.45, 2.75) is 27.7 Å². The Bertz CT molecular complexity index is 2480. The molecule has 0 radical (unpaired) electrons. The molecule has 9 heteroatoms. The van der Waals surface area contributed by atoms with Gasteiger partial charge in [-0.15, -0.1) is 0 Å². The number of allylic oxidation sites excluding steroid dienone is 2. The van der Waals surface area contributed by atoms with E-state index in [0.717, 1.165) is 34.1 Å². The summed E-state index contributed by atoms with van der Waals surface area (Å²) in [5.74, 6) is 2.66. The molecule has 3 aliphatic rings. The van der Waals surface area contributed by atoms with Gasteiger partial charge < -0.3 is 21.3 Å². The molecule has 9 rings (SSSR count). The Hall–Kier alpha value is -7.52. The van der Waals surface area contributed by atoms with E-state index < -0.39 is 0 Å². The maximum Gasteiger partial charge on any atom is 0.241 e. The highest BCUT2D eigenvalue weighted by atomic mass is 15.4. The molecule has 0 bridgehead atoms. The Morgan fingerprint density at radius 2 is 0.825 bits per heavy atom. The highest BCUT2D eigenvalue weighted by Gasteiger charge is 2.32. The van der Waals surface area contributed by atoms with Crippen LogP contribution < -0.4 is 21.3 Å². The lowest BCUT2D eigenvalue weighted by Crippen LogP contribution is -2.41. The highest BCUT2D eigenvalue weighted by Crippen LogP contribution is 2.39. The van der Waals surface area contributed by atoms with Gasteiger partial charge in [0.1, 0.15) is 11.7 Å². The van der Waals surface area contributed by atoms with Crippen molar-refractivity contribution in [1.29, 1.82) is 0 Å². The average Bonchev–Trinajstić information content (AvgIpc) is 3.21. The highest BCUT2D eigenvalue weighted by molar-refractivity contribution is 6.26. The Labute approximate surface area is 332 Å². The summed E-state index contributed by atoms with van der Waals surface area (Å²) in [6, 6.07) is 45.9. The minimum atomic E-state index is 0.435. The molecule has 0 unspecified atom stereocenters. The molecule has 0 aliphatic carbocycles. The van der Waals surface area contributed by atoms with Crippen LogP contribution in [0.3, 0.4) is 0 Å². The van der Waals surface area contributed by atoms with Crippen LogP contribution in [-0.2, 0) is 0 Å². The lowest BCUT2D eigenvalue weighted by Gasteiger charge is -2.32. The number of hydrogen-bond donors (Lipinski definition) is 2. The molecule has 278 valence electrons. The molecule has 4 N–H and O–H groups in total. The van der Waals surface area contributed by atoms with Crippen molar-refractivity contribution in [2.75, 3.05) is 21.3 Å². The van der Waals surface area contributed by atoms with E-state index in [1.165, 1.54) is 22.3 Å². The number of aryl methyl sites for hydroxylation is 4. The molecule has 0 amide bonds. The third kappa shape index (κ3) is 6.76. The molecule has 0 saturated carbocycles. The summed E-state index contributed by atoms with van der Waals surface area (Å²) in [5, 5.41) is 0. The molecule has 0 atom stereocenters. The van der Waals surface area contributed by atoms with Gasteiger partial charge in [-0.1, -0.05) is 76.9 Å². The molecule has 0 saturated heterocycles. The first kappa shape index (κ1) is 35.2. The van der Waals surface area contributed by atoms with Crippen molar-refractivity contribution in [1.82, 2.24) is 4.90 Å². The van der Waals surface area contributed by atoms with E-state index in [1.807, 2.05) is 47.4 Å². The van der Waals surface area contributed by atoms with E-state index in [4.69, 9.17) is 31.4 Å². The number of amidine groups is 3. The van der Waals surface area contributed by atoms with E-state index in [-0.39, 0.29) is 0 Å². The van der Waals surface area contributed by atoms with E-state index in [1.54, 1.807) is 0 Å². The first-order chi connectivity index (χ1) is 27.7. The van der Waals surface area contributed by atoms with Crippen molar-refractivity contribution < 1.29 is 0 Å². The molecule has 3 aliphatic heterocycles. The third-order valence-corrected chi connectivity index (χ3v) is 10.2. The maximum atomic E-state index is 6.86. The van der Waals surface area contributed by atoms with E-state index in [0.29, 0.717) is 51.8 Å². The number of aliphatic imine (C=N–C) groups is 4. The van der Waals surface area contributed by atoms with Crippen LogP contribution in [0.1, 0.15) is 33.4 Å². The maximum absolute atomic E-state index is 6.86. The van der Waals surface area contributed by atoms with Crippen LogP contribution in [0, 0.1) is 27.7 Å². The fraction of sp³-hybridized carbons (Fsp3) is 0.0833. The van der Waals surface area contributed by atoms with Gasteiger partial charge >= 0.3 is 0 Å². The summed E-state index contributed by atoms with van der Waals surface area (Å²) in [7, 11) is 0. The zero-order chi connectivity index (χ0) is 39.2. The minimum absolute atomic E-state index is 0.435. The Kier molecular flexibility index (Phi) is 8.82. The number of rotatable bonds is 8. The molecule has 0 fully saturated rings. The summed E-state index contributed by atoms with van der Waals surface area (Å²) in [4.78, 5) is 26.1. The zero-order valence-corrected chi connectivity index (χ0v) is 32.2. The summed E-state index contributed by atoms with van der Waals surface area (Å²) in [5.41, 5.74) is 26.9. The summed E-state index contributed by atoms with van der Waals surface area (Å²) in [6.07, 6.45) is 5.77. The number of anilines is 8. The Balaban J connectivity index is 1.07. The Morgan fingerprint density at radius 3 is 1.23 bits per heavy atom. The molecule has 57 heavy (non-hydrogen) atoms.